The van der Waals surface area contributed by atoms with Gasteiger partial charge in [0.2, 0.25) is 0 Å². The van der Waals surface area contributed by atoms with Crippen molar-refractivity contribution in [1.82, 2.24) is 15.3 Å². The summed E-state index contributed by atoms with van der Waals surface area (Å²) in [7, 11) is 0. The summed E-state index contributed by atoms with van der Waals surface area (Å²) in [5.41, 5.74) is 3.06. The van der Waals surface area contributed by atoms with Gasteiger partial charge in [-0.2, -0.15) is 0 Å². The summed E-state index contributed by atoms with van der Waals surface area (Å²) < 4.78 is 0. The minimum absolute atomic E-state index is 0.285. The van der Waals surface area contributed by atoms with E-state index in [1.54, 1.807) is 36.7 Å². The third-order valence-corrected chi connectivity index (χ3v) is 4.12. The largest absolute Gasteiger partial charge is 0.478 e. The standard InChI is InChI=1S/C17H19N3O2/c21-17(22)14-3-1-13(2-4-14)16-15(19-9-10-20-16)11-12-5-7-18-8-6-12/h1-4,9-10,12,18H,5-8,11H2,(H,21,22). The highest BCUT2D eigenvalue weighted by Crippen LogP contribution is 2.25. The van der Waals surface area contributed by atoms with Gasteiger partial charge in [-0.3, -0.25) is 9.97 Å². The van der Waals surface area contributed by atoms with Gasteiger partial charge in [0.05, 0.1) is 17.0 Å². The lowest BCUT2D eigenvalue weighted by atomic mass is 9.91. The maximum Gasteiger partial charge on any atom is 0.335 e. The third kappa shape index (κ3) is 3.31. The van der Waals surface area contributed by atoms with Crippen molar-refractivity contribution in [2.45, 2.75) is 19.3 Å². The van der Waals surface area contributed by atoms with Crippen LogP contribution in [0.25, 0.3) is 11.3 Å². The molecule has 0 atom stereocenters. The molecule has 1 aliphatic rings. The number of hydrogen-bond donors (Lipinski definition) is 2. The number of aromatic nitrogens is 2. The first-order valence-corrected chi connectivity index (χ1v) is 7.58. The van der Waals surface area contributed by atoms with Crippen LogP contribution in [0.1, 0.15) is 28.9 Å². The number of hydrogen-bond acceptors (Lipinski definition) is 4. The molecule has 1 aromatic heterocycles. The van der Waals surface area contributed by atoms with E-state index >= 15 is 0 Å². The van der Waals surface area contributed by atoms with Crippen molar-refractivity contribution in [2.75, 3.05) is 13.1 Å². The number of benzene rings is 1. The summed E-state index contributed by atoms with van der Waals surface area (Å²) >= 11 is 0. The third-order valence-electron chi connectivity index (χ3n) is 4.12. The van der Waals surface area contributed by atoms with Crippen LogP contribution in [0, 0.1) is 5.92 Å². The molecule has 1 fully saturated rings. The number of rotatable bonds is 4. The number of carbonyl (C=O) groups is 1. The zero-order valence-corrected chi connectivity index (χ0v) is 12.3. The maximum absolute atomic E-state index is 10.9. The summed E-state index contributed by atoms with van der Waals surface area (Å²) in [6, 6.07) is 6.83. The molecule has 0 radical (unpaired) electrons. The van der Waals surface area contributed by atoms with Gasteiger partial charge in [0.25, 0.3) is 0 Å². The zero-order valence-electron chi connectivity index (χ0n) is 12.3. The Labute approximate surface area is 129 Å². The molecule has 2 heterocycles. The molecule has 1 aromatic carbocycles. The highest BCUT2D eigenvalue weighted by molar-refractivity contribution is 5.88. The van der Waals surface area contributed by atoms with E-state index < -0.39 is 5.97 Å². The molecule has 0 spiro atoms. The molecule has 1 aliphatic heterocycles. The molecule has 1 saturated heterocycles. The molecule has 0 bridgehead atoms. The topological polar surface area (TPSA) is 75.1 Å². The molecule has 114 valence electrons. The lowest BCUT2D eigenvalue weighted by molar-refractivity contribution is 0.0697. The maximum atomic E-state index is 10.9. The van der Waals surface area contributed by atoms with Crippen molar-refractivity contribution in [3.8, 4) is 11.3 Å². The Balaban J connectivity index is 1.85. The van der Waals surface area contributed by atoms with Crippen LogP contribution in [0.4, 0.5) is 0 Å². The normalized spacial score (nSPS) is 15.6. The van der Waals surface area contributed by atoms with Crippen molar-refractivity contribution in [1.29, 1.82) is 0 Å². The van der Waals surface area contributed by atoms with Crippen LogP contribution in [0.2, 0.25) is 0 Å². The minimum atomic E-state index is -0.916. The lowest BCUT2D eigenvalue weighted by Crippen LogP contribution is -2.29. The predicted octanol–water partition coefficient (Wildman–Crippen LogP) is 2.38. The average Bonchev–Trinajstić information content (AvgIpc) is 2.56. The summed E-state index contributed by atoms with van der Waals surface area (Å²) in [4.78, 5) is 19.9. The molecule has 2 N–H and O–H groups in total. The van der Waals surface area contributed by atoms with E-state index in [4.69, 9.17) is 5.11 Å². The molecular weight excluding hydrogens is 278 g/mol. The Morgan fingerprint density at radius 2 is 1.82 bits per heavy atom. The Morgan fingerprint density at radius 1 is 1.14 bits per heavy atom. The second-order valence-electron chi connectivity index (χ2n) is 5.63. The second kappa shape index (κ2) is 6.66. The van der Waals surface area contributed by atoms with E-state index in [0.29, 0.717) is 5.92 Å². The predicted molar refractivity (Wildman–Crippen MR) is 83.7 cm³/mol. The Bertz CT molecular complexity index is 649. The summed E-state index contributed by atoms with van der Waals surface area (Å²) in [5, 5.41) is 12.4. The SMILES string of the molecule is O=C(O)c1ccc(-c2nccnc2CC2CCNCC2)cc1. The van der Waals surface area contributed by atoms with Gasteiger partial charge in [0.1, 0.15) is 0 Å². The van der Waals surface area contributed by atoms with Crippen molar-refractivity contribution in [3.63, 3.8) is 0 Å². The van der Waals surface area contributed by atoms with Gasteiger partial charge in [-0.05, 0) is 50.4 Å². The van der Waals surface area contributed by atoms with Gasteiger partial charge < -0.3 is 10.4 Å². The molecule has 0 saturated carbocycles. The number of aromatic carboxylic acids is 1. The van der Waals surface area contributed by atoms with E-state index in [1.807, 2.05) is 0 Å². The van der Waals surface area contributed by atoms with E-state index in [9.17, 15) is 4.79 Å². The molecule has 2 aromatic rings. The monoisotopic (exact) mass is 297 g/mol. The fraction of sp³-hybridized carbons (Fsp3) is 0.353. The minimum Gasteiger partial charge on any atom is -0.478 e. The summed E-state index contributed by atoms with van der Waals surface area (Å²) in [5.74, 6) is -0.282. The van der Waals surface area contributed by atoms with Crippen molar-refractivity contribution in [2.24, 2.45) is 5.92 Å². The van der Waals surface area contributed by atoms with Gasteiger partial charge >= 0.3 is 5.97 Å². The Kier molecular flexibility index (Phi) is 4.44. The van der Waals surface area contributed by atoms with Gasteiger partial charge in [-0.15, -0.1) is 0 Å². The number of nitrogens with one attached hydrogen (secondary N) is 1. The van der Waals surface area contributed by atoms with Crippen LogP contribution in [-0.2, 0) is 6.42 Å². The van der Waals surface area contributed by atoms with E-state index in [2.05, 4.69) is 15.3 Å². The highest BCUT2D eigenvalue weighted by Gasteiger charge is 2.17. The Hall–Kier alpha value is -2.27. The van der Waals surface area contributed by atoms with Crippen LogP contribution in [-0.4, -0.2) is 34.1 Å². The first kappa shape index (κ1) is 14.7. The van der Waals surface area contributed by atoms with E-state index in [0.717, 1.165) is 49.3 Å². The van der Waals surface area contributed by atoms with Crippen LogP contribution in [0.5, 0.6) is 0 Å². The first-order chi connectivity index (χ1) is 10.7. The summed E-state index contributed by atoms with van der Waals surface area (Å²) in [6.07, 6.45) is 6.66. The molecule has 22 heavy (non-hydrogen) atoms. The molecule has 0 amide bonds. The number of nitrogens with zero attached hydrogens (tertiary/aromatic N) is 2. The van der Waals surface area contributed by atoms with Crippen molar-refractivity contribution in [3.05, 3.63) is 47.9 Å². The zero-order chi connectivity index (χ0) is 15.4. The lowest BCUT2D eigenvalue weighted by Gasteiger charge is -2.22. The quantitative estimate of drug-likeness (QED) is 0.906. The van der Waals surface area contributed by atoms with Crippen LogP contribution < -0.4 is 5.32 Å². The summed E-state index contributed by atoms with van der Waals surface area (Å²) in [6.45, 7) is 2.13. The molecule has 0 aliphatic carbocycles. The molecular formula is C17H19N3O2. The van der Waals surface area contributed by atoms with E-state index in [1.165, 1.54) is 0 Å². The van der Waals surface area contributed by atoms with Gasteiger partial charge in [-0.25, -0.2) is 4.79 Å². The van der Waals surface area contributed by atoms with Crippen LogP contribution in [0.3, 0.4) is 0 Å². The van der Waals surface area contributed by atoms with Gasteiger partial charge in [0, 0.05) is 18.0 Å². The number of carboxylic acid groups (broad SMARTS) is 1. The van der Waals surface area contributed by atoms with Gasteiger partial charge in [0.15, 0.2) is 0 Å². The van der Waals surface area contributed by atoms with Crippen LogP contribution in [0.15, 0.2) is 36.7 Å². The smallest absolute Gasteiger partial charge is 0.335 e. The molecule has 0 unspecified atom stereocenters. The average molecular weight is 297 g/mol. The molecule has 5 nitrogen and oxygen atoms in total. The van der Waals surface area contributed by atoms with E-state index in [-0.39, 0.29) is 5.56 Å². The fourth-order valence-electron chi connectivity index (χ4n) is 2.89. The van der Waals surface area contributed by atoms with Crippen molar-refractivity contribution < 1.29 is 9.90 Å². The first-order valence-electron chi connectivity index (χ1n) is 7.58. The molecule has 3 rings (SSSR count). The fourth-order valence-corrected chi connectivity index (χ4v) is 2.89. The number of piperidine rings is 1. The van der Waals surface area contributed by atoms with Gasteiger partial charge in [-0.1, -0.05) is 12.1 Å². The Morgan fingerprint density at radius 3 is 2.50 bits per heavy atom. The number of carboxylic acids is 1. The van der Waals surface area contributed by atoms with Crippen molar-refractivity contribution >= 4 is 5.97 Å². The second-order valence-corrected chi connectivity index (χ2v) is 5.63. The molecule has 5 heteroatoms. The highest BCUT2D eigenvalue weighted by atomic mass is 16.4. The van der Waals surface area contributed by atoms with Crippen LogP contribution >= 0.6 is 0 Å².